The predicted molar refractivity (Wildman–Crippen MR) is 141 cm³/mol. The van der Waals surface area contributed by atoms with E-state index >= 15 is 0 Å². The molecule has 0 bridgehead atoms. The molecule has 178 valence electrons. The van der Waals surface area contributed by atoms with E-state index in [2.05, 4.69) is 4.90 Å². The van der Waals surface area contributed by atoms with Gasteiger partial charge in [-0.2, -0.15) is 0 Å². The van der Waals surface area contributed by atoms with E-state index in [0.717, 1.165) is 34.4 Å². The van der Waals surface area contributed by atoms with Crippen LogP contribution in [0.3, 0.4) is 0 Å². The molecule has 5 rings (SSSR count). The van der Waals surface area contributed by atoms with Crippen molar-refractivity contribution in [3.05, 3.63) is 94.3 Å². The minimum Gasteiger partial charge on any atom is -0.497 e. The van der Waals surface area contributed by atoms with E-state index in [0.29, 0.717) is 23.5 Å². The molecule has 3 aromatic carbocycles. The summed E-state index contributed by atoms with van der Waals surface area (Å²) in [6, 6.07) is 23.2. The normalized spacial score (nSPS) is 14.1. The van der Waals surface area contributed by atoms with Crippen LogP contribution in [0, 0.1) is 0 Å². The summed E-state index contributed by atoms with van der Waals surface area (Å²) >= 11 is 0. The van der Waals surface area contributed by atoms with Crippen LogP contribution in [-0.4, -0.2) is 38.3 Å². The maximum Gasteiger partial charge on any atom is 0.344 e. The van der Waals surface area contributed by atoms with E-state index in [1.165, 1.54) is 25.9 Å². The van der Waals surface area contributed by atoms with Crippen molar-refractivity contribution in [1.82, 2.24) is 4.90 Å². The standard InChI is InChI=1S/C30H29NO4/c1-33-25-14-16-26-27(29(23-7-3-2-4-8-23)30(32)35-28(26)21-25)15-11-22-9-12-24(13-10-22)34-20-19-31-17-5-6-18-31/h2-4,7-16,21H,5-6,17-20H2,1H3/b15-11+. The summed E-state index contributed by atoms with van der Waals surface area (Å²) in [7, 11) is 1.60. The Labute approximate surface area is 205 Å². The zero-order chi connectivity index (χ0) is 24.0. The van der Waals surface area contributed by atoms with Crippen LogP contribution in [0.15, 0.2) is 82.0 Å². The number of benzene rings is 3. The third-order valence-electron chi connectivity index (χ3n) is 6.42. The van der Waals surface area contributed by atoms with Crippen molar-refractivity contribution in [3.8, 4) is 22.6 Å². The van der Waals surface area contributed by atoms with Gasteiger partial charge in [0.05, 0.1) is 12.7 Å². The fourth-order valence-corrected chi connectivity index (χ4v) is 4.54. The molecule has 2 heterocycles. The van der Waals surface area contributed by atoms with E-state index in [1.807, 2.05) is 78.9 Å². The molecule has 1 aromatic heterocycles. The third-order valence-corrected chi connectivity index (χ3v) is 6.42. The molecule has 5 nitrogen and oxygen atoms in total. The molecule has 0 spiro atoms. The number of hydrogen-bond donors (Lipinski definition) is 0. The molecule has 4 aromatic rings. The molecule has 0 aliphatic carbocycles. The fraction of sp³-hybridized carbons (Fsp3) is 0.233. The smallest absolute Gasteiger partial charge is 0.344 e. The number of fused-ring (bicyclic) bond motifs is 1. The average molecular weight is 468 g/mol. The van der Waals surface area contributed by atoms with Gasteiger partial charge in [-0.1, -0.05) is 54.6 Å². The van der Waals surface area contributed by atoms with Crippen LogP contribution in [0.25, 0.3) is 34.2 Å². The van der Waals surface area contributed by atoms with Crippen LogP contribution in [0.1, 0.15) is 24.0 Å². The Bertz CT molecular complexity index is 1370. The zero-order valence-corrected chi connectivity index (χ0v) is 19.9. The SMILES string of the molecule is COc1ccc2c(/C=C/c3ccc(OCCN4CCCC4)cc3)c(-c3ccccc3)c(=O)oc2c1. The average Bonchev–Trinajstić information content (AvgIpc) is 3.41. The summed E-state index contributed by atoms with van der Waals surface area (Å²) in [6.07, 6.45) is 6.58. The lowest BCUT2D eigenvalue weighted by atomic mass is 9.97. The van der Waals surface area contributed by atoms with Gasteiger partial charge in [0.1, 0.15) is 23.7 Å². The molecule has 1 fully saturated rings. The van der Waals surface area contributed by atoms with E-state index in [-0.39, 0.29) is 5.63 Å². The minimum atomic E-state index is -0.377. The molecule has 0 amide bonds. The van der Waals surface area contributed by atoms with Crippen molar-refractivity contribution in [2.75, 3.05) is 33.4 Å². The van der Waals surface area contributed by atoms with E-state index < -0.39 is 0 Å². The topological polar surface area (TPSA) is 51.9 Å². The number of hydrogen-bond acceptors (Lipinski definition) is 5. The van der Waals surface area contributed by atoms with Crippen LogP contribution >= 0.6 is 0 Å². The van der Waals surface area contributed by atoms with Gasteiger partial charge in [-0.25, -0.2) is 4.79 Å². The van der Waals surface area contributed by atoms with Gasteiger partial charge < -0.3 is 13.9 Å². The monoisotopic (exact) mass is 467 g/mol. The summed E-state index contributed by atoms with van der Waals surface area (Å²) in [6.45, 7) is 4.03. The first-order valence-corrected chi connectivity index (χ1v) is 12.0. The first-order chi connectivity index (χ1) is 17.2. The lowest BCUT2D eigenvalue weighted by molar-refractivity contribution is 0.238. The Morgan fingerprint density at radius 3 is 2.40 bits per heavy atom. The second-order valence-electron chi connectivity index (χ2n) is 8.71. The van der Waals surface area contributed by atoms with Gasteiger partial charge in [-0.15, -0.1) is 0 Å². The molecule has 1 aliphatic heterocycles. The summed E-state index contributed by atoms with van der Waals surface area (Å²) in [5.41, 5.74) is 3.32. The maximum atomic E-state index is 13.0. The minimum absolute atomic E-state index is 0.377. The number of methoxy groups -OCH3 is 1. The lowest BCUT2D eigenvalue weighted by Gasteiger charge is -2.14. The highest BCUT2D eigenvalue weighted by Crippen LogP contribution is 2.31. The second kappa shape index (κ2) is 10.6. The zero-order valence-electron chi connectivity index (χ0n) is 19.9. The fourth-order valence-electron chi connectivity index (χ4n) is 4.54. The summed E-state index contributed by atoms with van der Waals surface area (Å²) in [5, 5.41) is 0.849. The van der Waals surface area contributed by atoms with Crippen molar-refractivity contribution in [2.45, 2.75) is 12.8 Å². The second-order valence-corrected chi connectivity index (χ2v) is 8.71. The Morgan fingerprint density at radius 1 is 0.914 bits per heavy atom. The van der Waals surface area contributed by atoms with Crippen LogP contribution in [0.2, 0.25) is 0 Å². The van der Waals surface area contributed by atoms with Gasteiger partial charge in [-0.3, -0.25) is 4.90 Å². The van der Waals surface area contributed by atoms with Crippen molar-refractivity contribution in [1.29, 1.82) is 0 Å². The van der Waals surface area contributed by atoms with Gasteiger partial charge in [-0.05, 0) is 61.3 Å². The van der Waals surface area contributed by atoms with Gasteiger partial charge in [0.15, 0.2) is 0 Å². The van der Waals surface area contributed by atoms with Gasteiger partial charge >= 0.3 is 5.63 Å². The van der Waals surface area contributed by atoms with E-state index in [1.54, 1.807) is 13.2 Å². The first-order valence-electron chi connectivity index (χ1n) is 12.0. The summed E-state index contributed by atoms with van der Waals surface area (Å²) in [5.74, 6) is 1.51. The van der Waals surface area contributed by atoms with Crippen LogP contribution in [0.5, 0.6) is 11.5 Å². The summed E-state index contributed by atoms with van der Waals surface area (Å²) < 4.78 is 16.9. The van der Waals surface area contributed by atoms with Crippen molar-refractivity contribution >= 4 is 23.1 Å². The summed E-state index contributed by atoms with van der Waals surface area (Å²) in [4.78, 5) is 15.5. The molecular weight excluding hydrogens is 438 g/mol. The Balaban J connectivity index is 1.43. The number of nitrogens with zero attached hydrogens (tertiary/aromatic N) is 1. The maximum absolute atomic E-state index is 13.0. The Hall–Kier alpha value is -3.83. The Kier molecular flexibility index (Phi) is 6.96. The quantitative estimate of drug-likeness (QED) is 0.293. The van der Waals surface area contributed by atoms with Gasteiger partial charge in [0.25, 0.3) is 0 Å². The van der Waals surface area contributed by atoms with Gasteiger partial charge in [0.2, 0.25) is 0 Å². The highest BCUT2D eigenvalue weighted by atomic mass is 16.5. The lowest BCUT2D eigenvalue weighted by Crippen LogP contribution is -2.25. The number of likely N-dealkylation sites (tertiary alicyclic amines) is 1. The highest BCUT2D eigenvalue weighted by Gasteiger charge is 2.15. The van der Waals surface area contributed by atoms with Gasteiger partial charge in [0, 0.05) is 23.6 Å². The van der Waals surface area contributed by atoms with Crippen molar-refractivity contribution in [3.63, 3.8) is 0 Å². The van der Waals surface area contributed by atoms with Crippen LogP contribution < -0.4 is 15.1 Å². The molecule has 5 heteroatoms. The molecule has 1 aliphatic rings. The molecule has 0 atom stereocenters. The Morgan fingerprint density at radius 2 is 1.66 bits per heavy atom. The largest absolute Gasteiger partial charge is 0.497 e. The van der Waals surface area contributed by atoms with Crippen LogP contribution in [-0.2, 0) is 0 Å². The molecule has 0 unspecified atom stereocenters. The highest BCUT2D eigenvalue weighted by molar-refractivity contribution is 5.96. The molecular formula is C30H29NO4. The van der Waals surface area contributed by atoms with Crippen LogP contribution in [0.4, 0.5) is 0 Å². The molecule has 0 saturated carbocycles. The first kappa shape index (κ1) is 22.9. The number of rotatable bonds is 8. The molecule has 1 saturated heterocycles. The molecule has 0 N–H and O–H groups in total. The molecule has 0 radical (unpaired) electrons. The molecule has 35 heavy (non-hydrogen) atoms. The third kappa shape index (κ3) is 5.31. The predicted octanol–water partition coefficient (Wildman–Crippen LogP) is 6.11. The van der Waals surface area contributed by atoms with Crippen molar-refractivity contribution in [2.24, 2.45) is 0 Å². The van der Waals surface area contributed by atoms with E-state index in [4.69, 9.17) is 13.9 Å². The van der Waals surface area contributed by atoms with E-state index in [9.17, 15) is 4.79 Å². The van der Waals surface area contributed by atoms with Crippen molar-refractivity contribution < 1.29 is 13.9 Å². The number of ether oxygens (including phenoxy) is 2.